The number of likely N-dealkylation sites (N-methyl/N-ethyl adjacent to an activating group) is 1. The van der Waals surface area contributed by atoms with Crippen molar-refractivity contribution in [2.75, 3.05) is 26.4 Å². The smallest absolute Gasteiger partial charge is 0.253 e. The summed E-state index contributed by atoms with van der Waals surface area (Å²) in [5, 5.41) is 0. The largest absolute Gasteiger partial charge is 0.497 e. The third kappa shape index (κ3) is 3.99. The van der Waals surface area contributed by atoms with Gasteiger partial charge in [0, 0.05) is 30.9 Å². The maximum Gasteiger partial charge on any atom is 0.253 e. The lowest BCUT2D eigenvalue weighted by Crippen LogP contribution is -2.28. The Morgan fingerprint density at radius 1 is 1.19 bits per heavy atom. The fourth-order valence-electron chi connectivity index (χ4n) is 2.13. The molecule has 0 atom stereocenters. The minimum Gasteiger partial charge on any atom is -0.497 e. The first-order valence-corrected chi connectivity index (χ1v) is 6.84. The van der Waals surface area contributed by atoms with E-state index in [1.165, 1.54) is 5.56 Å². The first-order chi connectivity index (χ1) is 10.1. The Morgan fingerprint density at radius 3 is 2.57 bits per heavy atom. The SMILES string of the molecule is COc1cc(N)cc(C(=O)N(C)CCc2ccccc2)c1. The van der Waals surface area contributed by atoms with Crippen molar-refractivity contribution in [3.63, 3.8) is 0 Å². The lowest BCUT2D eigenvalue weighted by Gasteiger charge is -2.18. The number of benzene rings is 2. The Labute approximate surface area is 125 Å². The molecule has 4 nitrogen and oxygen atoms in total. The van der Waals surface area contributed by atoms with Gasteiger partial charge in [-0.3, -0.25) is 4.79 Å². The summed E-state index contributed by atoms with van der Waals surface area (Å²) in [4.78, 5) is 14.1. The van der Waals surface area contributed by atoms with Gasteiger partial charge in [0.15, 0.2) is 0 Å². The second-order valence-electron chi connectivity index (χ2n) is 4.96. The van der Waals surface area contributed by atoms with E-state index in [9.17, 15) is 4.79 Å². The average molecular weight is 284 g/mol. The maximum absolute atomic E-state index is 12.4. The van der Waals surface area contributed by atoms with Crippen LogP contribution < -0.4 is 10.5 Å². The maximum atomic E-state index is 12.4. The van der Waals surface area contributed by atoms with Gasteiger partial charge in [0.1, 0.15) is 5.75 Å². The van der Waals surface area contributed by atoms with Gasteiger partial charge in [-0.15, -0.1) is 0 Å². The molecule has 0 saturated heterocycles. The van der Waals surface area contributed by atoms with Crippen LogP contribution in [-0.4, -0.2) is 31.5 Å². The van der Waals surface area contributed by atoms with Crippen molar-refractivity contribution in [2.24, 2.45) is 0 Å². The molecule has 2 aromatic carbocycles. The van der Waals surface area contributed by atoms with E-state index in [2.05, 4.69) is 12.1 Å². The number of nitrogens with zero attached hydrogens (tertiary/aromatic N) is 1. The van der Waals surface area contributed by atoms with Gasteiger partial charge in [-0.2, -0.15) is 0 Å². The lowest BCUT2D eigenvalue weighted by molar-refractivity contribution is 0.0796. The zero-order valence-corrected chi connectivity index (χ0v) is 12.4. The van der Waals surface area contributed by atoms with Gasteiger partial charge >= 0.3 is 0 Å². The van der Waals surface area contributed by atoms with Crippen molar-refractivity contribution in [2.45, 2.75) is 6.42 Å². The van der Waals surface area contributed by atoms with Crippen LogP contribution in [0.3, 0.4) is 0 Å². The molecule has 0 bridgehead atoms. The van der Waals surface area contributed by atoms with Crippen LogP contribution in [0.4, 0.5) is 5.69 Å². The summed E-state index contributed by atoms with van der Waals surface area (Å²) in [6.07, 6.45) is 0.822. The highest BCUT2D eigenvalue weighted by Gasteiger charge is 2.13. The summed E-state index contributed by atoms with van der Waals surface area (Å²) >= 11 is 0. The number of carbonyl (C=O) groups is 1. The summed E-state index contributed by atoms with van der Waals surface area (Å²) in [6, 6.07) is 15.2. The second-order valence-corrected chi connectivity index (χ2v) is 4.96. The summed E-state index contributed by atoms with van der Waals surface area (Å²) < 4.78 is 5.14. The molecule has 0 unspecified atom stereocenters. The lowest BCUT2D eigenvalue weighted by atomic mass is 10.1. The molecular formula is C17H20N2O2. The first-order valence-electron chi connectivity index (χ1n) is 6.84. The molecule has 0 saturated carbocycles. The van der Waals surface area contributed by atoms with Crippen molar-refractivity contribution in [3.05, 3.63) is 59.7 Å². The van der Waals surface area contributed by atoms with Gasteiger partial charge < -0.3 is 15.4 Å². The Morgan fingerprint density at radius 2 is 1.90 bits per heavy atom. The average Bonchev–Trinajstić information content (AvgIpc) is 2.52. The van der Waals surface area contributed by atoms with E-state index in [0.717, 1.165) is 6.42 Å². The molecule has 0 aliphatic carbocycles. The molecule has 0 radical (unpaired) electrons. The third-order valence-electron chi connectivity index (χ3n) is 3.34. The number of ether oxygens (including phenoxy) is 1. The van der Waals surface area contributed by atoms with E-state index < -0.39 is 0 Å². The summed E-state index contributed by atoms with van der Waals surface area (Å²) in [5.74, 6) is 0.534. The van der Waals surface area contributed by atoms with Crippen LogP contribution in [0.2, 0.25) is 0 Å². The number of anilines is 1. The number of rotatable bonds is 5. The number of methoxy groups -OCH3 is 1. The van der Waals surface area contributed by atoms with Crippen molar-refractivity contribution in [3.8, 4) is 5.75 Å². The molecule has 0 heterocycles. The number of hydrogen-bond donors (Lipinski definition) is 1. The molecule has 0 aliphatic rings. The Balaban J connectivity index is 2.03. The normalized spacial score (nSPS) is 10.2. The summed E-state index contributed by atoms with van der Waals surface area (Å²) in [5.41, 5.74) is 8.06. The van der Waals surface area contributed by atoms with E-state index >= 15 is 0 Å². The van der Waals surface area contributed by atoms with Gasteiger partial charge in [0.25, 0.3) is 5.91 Å². The highest BCUT2D eigenvalue weighted by atomic mass is 16.5. The Bertz CT molecular complexity index is 611. The summed E-state index contributed by atoms with van der Waals surface area (Å²) in [6.45, 7) is 0.653. The molecule has 21 heavy (non-hydrogen) atoms. The number of carbonyl (C=O) groups excluding carboxylic acids is 1. The molecule has 2 rings (SSSR count). The monoisotopic (exact) mass is 284 g/mol. The Kier molecular flexibility index (Phi) is 4.82. The van der Waals surface area contributed by atoms with E-state index in [-0.39, 0.29) is 5.91 Å². The number of hydrogen-bond acceptors (Lipinski definition) is 3. The number of nitrogens with two attached hydrogens (primary N) is 1. The predicted octanol–water partition coefficient (Wildman–Crippen LogP) is 2.59. The fraction of sp³-hybridized carbons (Fsp3) is 0.235. The van der Waals surface area contributed by atoms with Crippen LogP contribution in [0.1, 0.15) is 15.9 Å². The van der Waals surface area contributed by atoms with Crippen LogP contribution >= 0.6 is 0 Å². The fourth-order valence-corrected chi connectivity index (χ4v) is 2.13. The molecule has 0 spiro atoms. The highest BCUT2D eigenvalue weighted by Crippen LogP contribution is 2.19. The molecule has 0 aromatic heterocycles. The van der Waals surface area contributed by atoms with Gasteiger partial charge in [-0.25, -0.2) is 0 Å². The van der Waals surface area contributed by atoms with Crippen molar-refractivity contribution >= 4 is 11.6 Å². The van der Waals surface area contributed by atoms with Crippen molar-refractivity contribution in [1.82, 2.24) is 4.90 Å². The van der Waals surface area contributed by atoms with Crippen LogP contribution in [0, 0.1) is 0 Å². The predicted molar refractivity (Wildman–Crippen MR) is 84.5 cm³/mol. The number of nitrogen functional groups attached to an aromatic ring is 1. The molecule has 4 heteroatoms. The molecular weight excluding hydrogens is 264 g/mol. The van der Waals surface area contributed by atoms with Crippen molar-refractivity contribution < 1.29 is 9.53 Å². The molecule has 2 aromatic rings. The van der Waals surface area contributed by atoms with Gasteiger partial charge in [-0.05, 0) is 24.1 Å². The van der Waals surface area contributed by atoms with Gasteiger partial charge in [0.2, 0.25) is 0 Å². The van der Waals surface area contributed by atoms with Gasteiger partial charge in [-0.1, -0.05) is 30.3 Å². The standard InChI is InChI=1S/C17H20N2O2/c1-19(9-8-13-6-4-3-5-7-13)17(20)14-10-15(18)12-16(11-14)21-2/h3-7,10-12H,8-9,18H2,1-2H3. The topological polar surface area (TPSA) is 55.6 Å². The van der Waals surface area contributed by atoms with E-state index in [1.54, 1.807) is 37.3 Å². The third-order valence-corrected chi connectivity index (χ3v) is 3.34. The minimum atomic E-state index is -0.0588. The van der Waals surface area contributed by atoms with Crippen LogP contribution in [0.15, 0.2) is 48.5 Å². The van der Waals surface area contributed by atoms with Gasteiger partial charge in [0.05, 0.1) is 7.11 Å². The molecule has 110 valence electrons. The zero-order chi connectivity index (χ0) is 15.2. The molecule has 0 aliphatic heterocycles. The molecule has 2 N–H and O–H groups in total. The first kappa shape index (κ1) is 14.9. The number of amides is 1. The molecule has 1 amide bonds. The van der Waals surface area contributed by atoms with E-state index in [1.807, 2.05) is 18.2 Å². The van der Waals surface area contributed by atoms with Crippen LogP contribution in [-0.2, 0) is 6.42 Å². The Hall–Kier alpha value is -2.49. The van der Waals surface area contributed by atoms with Crippen LogP contribution in [0.5, 0.6) is 5.75 Å². The zero-order valence-electron chi connectivity index (χ0n) is 12.4. The second kappa shape index (κ2) is 6.79. The van der Waals surface area contributed by atoms with E-state index in [4.69, 9.17) is 10.5 Å². The van der Waals surface area contributed by atoms with E-state index in [0.29, 0.717) is 23.5 Å². The van der Waals surface area contributed by atoms with Crippen molar-refractivity contribution in [1.29, 1.82) is 0 Å². The highest BCUT2D eigenvalue weighted by molar-refractivity contribution is 5.95. The summed E-state index contributed by atoms with van der Waals surface area (Å²) in [7, 11) is 3.35. The molecule has 0 fully saturated rings. The minimum absolute atomic E-state index is 0.0588. The van der Waals surface area contributed by atoms with Crippen LogP contribution in [0.25, 0.3) is 0 Å². The quantitative estimate of drug-likeness (QED) is 0.859.